The molecule has 1 fully saturated rings. The van der Waals surface area contributed by atoms with Crippen LogP contribution in [0.15, 0.2) is 4.99 Å². The van der Waals surface area contributed by atoms with E-state index in [0.29, 0.717) is 6.04 Å². The van der Waals surface area contributed by atoms with Crippen LogP contribution in [0, 0.1) is 0 Å². The maximum atomic E-state index is 5.89. The van der Waals surface area contributed by atoms with Crippen LogP contribution in [0.5, 0.6) is 0 Å². The monoisotopic (exact) mass is 196 g/mol. The number of hydrogen-bond acceptors (Lipinski definition) is 4. The minimum absolute atomic E-state index is 0.201. The van der Waals surface area contributed by atoms with E-state index in [1.807, 2.05) is 0 Å². The molecule has 2 N–H and O–H groups in total. The molecule has 2 rings (SSSR count). The number of guanidine groups is 1. The van der Waals surface area contributed by atoms with E-state index in [1.165, 1.54) is 6.42 Å². The van der Waals surface area contributed by atoms with E-state index in [9.17, 15) is 0 Å². The van der Waals surface area contributed by atoms with Gasteiger partial charge in [-0.15, -0.1) is 0 Å². The predicted molar refractivity (Wildman–Crippen MR) is 58.3 cm³/mol. The smallest absolute Gasteiger partial charge is 0.191 e. The van der Waals surface area contributed by atoms with Gasteiger partial charge in [0.15, 0.2) is 5.96 Å². The van der Waals surface area contributed by atoms with Gasteiger partial charge in [0, 0.05) is 19.1 Å². The lowest BCUT2D eigenvalue weighted by molar-refractivity contribution is 0.212. The maximum Gasteiger partial charge on any atom is 0.191 e. The molecular weight excluding hydrogens is 176 g/mol. The maximum absolute atomic E-state index is 5.89. The molecule has 0 aromatic heterocycles. The molecule has 14 heavy (non-hydrogen) atoms. The molecule has 2 heterocycles. The standard InChI is InChI=1S/C10H20N4/c1-4-14-9(11)12-6-10(14)5-8(2)13(3)7-10/h8H,4-7H2,1-3H3,(H2,11,12). The van der Waals surface area contributed by atoms with Gasteiger partial charge in [0.2, 0.25) is 0 Å². The number of nitrogens with zero attached hydrogens (tertiary/aromatic N) is 3. The second-order valence-electron chi connectivity index (χ2n) is 4.61. The van der Waals surface area contributed by atoms with Gasteiger partial charge < -0.3 is 15.5 Å². The quantitative estimate of drug-likeness (QED) is 0.647. The number of hydrogen-bond donors (Lipinski definition) is 1. The molecule has 2 atom stereocenters. The molecule has 2 unspecified atom stereocenters. The summed E-state index contributed by atoms with van der Waals surface area (Å²) >= 11 is 0. The Morgan fingerprint density at radius 2 is 2.36 bits per heavy atom. The number of rotatable bonds is 1. The average Bonchev–Trinajstić information content (AvgIpc) is 2.57. The highest BCUT2D eigenvalue weighted by Gasteiger charge is 2.48. The highest BCUT2D eigenvalue weighted by molar-refractivity contribution is 5.81. The van der Waals surface area contributed by atoms with Gasteiger partial charge in [0.25, 0.3) is 0 Å². The zero-order chi connectivity index (χ0) is 10.3. The number of likely N-dealkylation sites (tertiary alicyclic amines) is 1. The molecular formula is C10H20N4. The summed E-state index contributed by atoms with van der Waals surface area (Å²) < 4.78 is 0. The molecule has 4 nitrogen and oxygen atoms in total. The molecule has 2 aliphatic heterocycles. The van der Waals surface area contributed by atoms with E-state index >= 15 is 0 Å². The zero-order valence-electron chi connectivity index (χ0n) is 9.32. The van der Waals surface area contributed by atoms with Crippen LogP contribution in [0.25, 0.3) is 0 Å². The Labute approximate surface area is 85.8 Å². The topological polar surface area (TPSA) is 44.9 Å². The van der Waals surface area contributed by atoms with E-state index in [2.05, 4.69) is 35.7 Å². The average molecular weight is 196 g/mol. The zero-order valence-corrected chi connectivity index (χ0v) is 9.32. The Bertz CT molecular complexity index is 251. The molecule has 1 spiro atoms. The van der Waals surface area contributed by atoms with Crippen molar-refractivity contribution in [2.75, 3.05) is 26.7 Å². The molecule has 0 amide bonds. The van der Waals surface area contributed by atoms with Gasteiger partial charge in [-0.05, 0) is 27.3 Å². The van der Waals surface area contributed by atoms with Crippen LogP contribution in [0.2, 0.25) is 0 Å². The predicted octanol–water partition coefficient (Wildman–Crippen LogP) is 0.0994. The lowest BCUT2D eigenvalue weighted by Gasteiger charge is -2.35. The van der Waals surface area contributed by atoms with Crippen molar-refractivity contribution >= 4 is 5.96 Å². The minimum atomic E-state index is 0.201. The van der Waals surface area contributed by atoms with Gasteiger partial charge in [0.05, 0.1) is 12.1 Å². The molecule has 0 aromatic rings. The Hall–Kier alpha value is -0.770. The van der Waals surface area contributed by atoms with Gasteiger partial charge in [-0.2, -0.15) is 0 Å². The van der Waals surface area contributed by atoms with Crippen molar-refractivity contribution in [1.29, 1.82) is 0 Å². The fourth-order valence-electron chi connectivity index (χ4n) is 2.84. The molecule has 0 aliphatic carbocycles. The lowest BCUT2D eigenvalue weighted by Crippen LogP contribution is -2.52. The summed E-state index contributed by atoms with van der Waals surface area (Å²) in [4.78, 5) is 9.06. The third kappa shape index (κ3) is 1.21. The largest absolute Gasteiger partial charge is 0.370 e. The molecule has 0 radical (unpaired) electrons. The van der Waals surface area contributed by atoms with Crippen LogP contribution >= 0.6 is 0 Å². The Balaban J connectivity index is 2.19. The van der Waals surface area contributed by atoms with Gasteiger partial charge in [-0.1, -0.05) is 0 Å². The first-order valence-electron chi connectivity index (χ1n) is 5.37. The van der Waals surface area contributed by atoms with E-state index in [1.54, 1.807) is 0 Å². The Morgan fingerprint density at radius 3 is 2.86 bits per heavy atom. The fourth-order valence-corrected chi connectivity index (χ4v) is 2.84. The molecule has 80 valence electrons. The van der Waals surface area contributed by atoms with E-state index < -0.39 is 0 Å². The van der Waals surface area contributed by atoms with Crippen LogP contribution in [0.4, 0.5) is 0 Å². The van der Waals surface area contributed by atoms with Gasteiger partial charge in [-0.25, -0.2) is 0 Å². The summed E-state index contributed by atoms with van der Waals surface area (Å²) in [6.07, 6.45) is 1.18. The van der Waals surface area contributed by atoms with Crippen LogP contribution in [-0.4, -0.2) is 54.0 Å². The summed E-state index contributed by atoms with van der Waals surface area (Å²) in [6.45, 7) is 7.36. The van der Waals surface area contributed by atoms with Gasteiger partial charge in [-0.3, -0.25) is 4.99 Å². The molecule has 1 saturated heterocycles. The van der Waals surface area contributed by atoms with Crippen LogP contribution in [-0.2, 0) is 0 Å². The summed E-state index contributed by atoms with van der Waals surface area (Å²) in [6, 6.07) is 0.644. The highest BCUT2D eigenvalue weighted by Crippen LogP contribution is 2.34. The number of likely N-dealkylation sites (N-methyl/N-ethyl adjacent to an activating group) is 2. The van der Waals surface area contributed by atoms with E-state index in [4.69, 9.17) is 5.73 Å². The molecule has 0 saturated carbocycles. The first kappa shape index (κ1) is 9.77. The number of nitrogens with two attached hydrogens (primary N) is 1. The second-order valence-corrected chi connectivity index (χ2v) is 4.61. The van der Waals surface area contributed by atoms with Gasteiger partial charge >= 0.3 is 0 Å². The van der Waals surface area contributed by atoms with Crippen molar-refractivity contribution in [3.05, 3.63) is 0 Å². The fraction of sp³-hybridized carbons (Fsp3) is 0.900. The van der Waals surface area contributed by atoms with E-state index in [-0.39, 0.29) is 5.54 Å². The molecule has 0 aromatic carbocycles. The van der Waals surface area contributed by atoms with Crippen LogP contribution in [0.3, 0.4) is 0 Å². The SMILES string of the molecule is CCN1C(N)=NCC12CC(C)N(C)C2. The summed E-state index contributed by atoms with van der Waals surface area (Å²) in [5, 5.41) is 0. The number of aliphatic imine (C=N–C) groups is 1. The first-order valence-corrected chi connectivity index (χ1v) is 5.37. The van der Waals surface area contributed by atoms with Crippen molar-refractivity contribution in [2.45, 2.75) is 31.8 Å². The highest BCUT2D eigenvalue weighted by atomic mass is 15.4. The molecule has 4 heteroatoms. The van der Waals surface area contributed by atoms with Crippen molar-refractivity contribution in [2.24, 2.45) is 10.7 Å². The Morgan fingerprint density at radius 1 is 1.64 bits per heavy atom. The Kier molecular flexibility index (Phi) is 2.18. The second kappa shape index (κ2) is 3.12. The summed E-state index contributed by atoms with van der Waals surface area (Å²) in [5.41, 5.74) is 6.09. The third-order valence-electron chi connectivity index (χ3n) is 3.67. The van der Waals surface area contributed by atoms with Crippen molar-refractivity contribution in [3.8, 4) is 0 Å². The van der Waals surface area contributed by atoms with Gasteiger partial charge in [0.1, 0.15) is 0 Å². The van der Waals surface area contributed by atoms with Crippen molar-refractivity contribution < 1.29 is 0 Å². The minimum Gasteiger partial charge on any atom is -0.370 e. The lowest BCUT2D eigenvalue weighted by atomic mass is 9.95. The first-order chi connectivity index (χ1) is 6.59. The molecule has 2 aliphatic rings. The normalized spacial score (nSPS) is 38.4. The van der Waals surface area contributed by atoms with Crippen LogP contribution < -0.4 is 5.73 Å². The van der Waals surface area contributed by atoms with Crippen molar-refractivity contribution in [1.82, 2.24) is 9.80 Å². The van der Waals surface area contributed by atoms with E-state index in [0.717, 1.165) is 25.6 Å². The third-order valence-corrected chi connectivity index (χ3v) is 3.67. The van der Waals surface area contributed by atoms with Crippen molar-refractivity contribution in [3.63, 3.8) is 0 Å². The molecule has 0 bridgehead atoms. The van der Waals surface area contributed by atoms with Crippen LogP contribution in [0.1, 0.15) is 20.3 Å². The summed E-state index contributed by atoms with van der Waals surface area (Å²) in [5.74, 6) is 0.731. The summed E-state index contributed by atoms with van der Waals surface area (Å²) in [7, 11) is 2.18.